The summed E-state index contributed by atoms with van der Waals surface area (Å²) >= 11 is 0. The third kappa shape index (κ3) is 6.14. The number of benzene rings is 1. The largest absolute Gasteiger partial charge is 0.449 e. The highest BCUT2D eigenvalue weighted by atomic mass is 19.4. The quantitative estimate of drug-likeness (QED) is 0.183. The number of hydrogen-bond donors (Lipinski definition) is 2. The van der Waals surface area contributed by atoms with Crippen molar-refractivity contribution in [3.05, 3.63) is 83.8 Å². The molecule has 0 unspecified atom stereocenters. The molecule has 1 aliphatic heterocycles. The zero-order chi connectivity index (χ0) is 32.6. The van der Waals surface area contributed by atoms with Gasteiger partial charge in [-0.2, -0.15) is 27.7 Å². The van der Waals surface area contributed by atoms with Crippen molar-refractivity contribution in [2.24, 2.45) is 7.05 Å². The lowest BCUT2D eigenvalue weighted by atomic mass is 10.0. The van der Waals surface area contributed by atoms with E-state index in [4.69, 9.17) is 14.7 Å². The summed E-state index contributed by atoms with van der Waals surface area (Å²) in [5.74, 6) is -1.43. The number of nitrogens with zero attached hydrogens (tertiary/aromatic N) is 7. The second-order valence-corrected chi connectivity index (χ2v) is 10.7. The standard InChI is InChI=1S/C30H29F4N9O3/c1-17-24(19-13-21-27(36-15-19)41(2)28(37-21)30(32,33)34)40-43(20-7-5-4-6-8-20)26(17)39-29(44)38-22-16-42(11-12-45-3)46-25(22)18-9-10-35-23(31)14-18/h4-10,13-15,22,25H,11-12,16H2,1-3H3,(H2,38,39,44)/t22-,25+/m1/s1. The number of aromatic nitrogens is 6. The van der Waals surface area contributed by atoms with Gasteiger partial charge in [0.15, 0.2) is 5.65 Å². The van der Waals surface area contributed by atoms with Crippen molar-refractivity contribution in [1.82, 2.24) is 39.7 Å². The number of imidazole rings is 1. The first-order chi connectivity index (χ1) is 22.0. The molecule has 0 aliphatic carbocycles. The molecule has 0 radical (unpaired) electrons. The predicted molar refractivity (Wildman–Crippen MR) is 158 cm³/mol. The number of ether oxygens (including phenoxy) is 1. The smallest absolute Gasteiger partial charge is 0.383 e. The zero-order valence-corrected chi connectivity index (χ0v) is 24.9. The van der Waals surface area contributed by atoms with Crippen molar-refractivity contribution in [2.75, 3.05) is 32.1 Å². The molecule has 240 valence electrons. The fourth-order valence-corrected chi connectivity index (χ4v) is 5.38. The first kappa shape index (κ1) is 31.1. The molecule has 1 saturated heterocycles. The number of halogens is 4. The Hall–Kier alpha value is -4.93. The van der Waals surface area contributed by atoms with Gasteiger partial charge >= 0.3 is 12.2 Å². The topological polar surface area (TPSA) is 124 Å². The summed E-state index contributed by atoms with van der Waals surface area (Å²) in [7, 11) is 2.81. The molecule has 2 amide bonds. The minimum absolute atomic E-state index is 0.0473. The summed E-state index contributed by atoms with van der Waals surface area (Å²) in [5.41, 5.74) is 2.56. The van der Waals surface area contributed by atoms with Crippen molar-refractivity contribution < 1.29 is 31.9 Å². The molecule has 0 saturated carbocycles. The summed E-state index contributed by atoms with van der Waals surface area (Å²) in [5, 5.41) is 12.2. The molecule has 5 aromatic rings. The van der Waals surface area contributed by atoms with Crippen LogP contribution in [0.4, 0.5) is 28.2 Å². The average Bonchev–Trinajstić information content (AvgIpc) is 3.69. The molecule has 2 N–H and O–H groups in total. The van der Waals surface area contributed by atoms with E-state index in [1.807, 2.05) is 6.07 Å². The Morgan fingerprint density at radius 1 is 1.15 bits per heavy atom. The molecule has 5 heterocycles. The monoisotopic (exact) mass is 639 g/mol. The van der Waals surface area contributed by atoms with E-state index in [-0.39, 0.29) is 11.2 Å². The molecule has 16 heteroatoms. The molecule has 2 atom stereocenters. The van der Waals surface area contributed by atoms with Crippen LogP contribution in [0.1, 0.15) is 23.1 Å². The molecule has 0 bridgehead atoms. The second kappa shape index (κ2) is 12.5. The maximum absolute atomic E-state index is 14.0. The van der Waals surface area contributed by atoms with E-state index in [2.05, 4.69) is 25.6 Å². The van der Waals surface area contributed by atoms with E-state index in [1.165, 1.54) is 36.3 Å². The van der Waals surface area contributed by atoms with Gasteiger partial charge in [0, 0.05) is 50.8 Å². The van der Waals surface area contributed by atoms with Crippen molar-refractivity contribution >= 4 is 23.0 Å². The van der Waals surface area contributed by atoms with E-state index in [1.54, 1.807) is 49.4 Å². The molecule has 1 fully saturated rings. The summed E-state index contributed by atoms with van der Waals surface area (Å²) in [4.78, 5) is 31.2. The van der Waals surface area contributed by atoms with Gasteiger partial charge < -0.3 is 14.6 Å². The van der Waals surface area contributed by atoms with Crippen LogP contribution >= 0.6 is 0 Å². The number of anilines is 1. The maximum Gasteiger partial charge on any atom is 0.449 e. The number of alkyl halides is 3. The third-order valence-electron chi connectivity index (χ3n) is 7.56. The Bertz CT molecular complexity index is 1880. The van der Waals surface area contributed by atoms with Gasteiger partial charge in [0.05, 0.1) is 24.0 Å². The number of amides is 2. The van der Waals surface area contributed by atoms with E-state index in [0.717, 1.165) is 4.57 Å². The van der Waals surface area contributed by atoms with E-state index in [9.17, 15) is 22.4 Å². The van der Waals surface area contributed by atoms with Crippen LogP contribution in [0.2, 0.25) is 0 Å². The summed E-state index contributed by atoms with van der Waals surface area (Å²) in [6.45, 7) is 2.83. The number of carbonyl (C=O) groups excluding carboxylic acids is 1. The third-order valence-corrected chi connectivity index (χ3v) is 7.56. The van der Waals surface area contributed by atoms with Gasteiger partial charge in [-0.15, -0.1) is 0 Å². The Morgan fingerprint density at radius 2 is 1.93 bits per heavy atom. The maximum atomic E-state index is 14.0. The predicted octanol–water partition coefficient (Wildman–Crippen LogP) is 4.81. The van der Waals surface area contributed by atoms with Crippen molar-refractivity contribution in [2.45, 2.75) is 25.2 Å². The van der Waals surface area contributed by atoms with Gasteiger partial charge in [-0.25, -0.2) is 24.4 Å². The number of para-hydroxylation sites is 1. The van der Waals surface area contributed by atoms with E-state index in [0.29, 0.717) is 53.6 Å². The lowest BCUT2D eigenvalue weighted by molar-refractivity contribution is -0.154. The van der Waals surface area contributed by atoms with Crippen LogP contribution in [0.3, 0.4) is 0 Å². The molecule has 1 aromatic carbocycles. The number of methoxy groups -OCH3 is 1. The Morgan fingerprint density at radius 3 is 2.65 bits per heavy atom. The Balaban J connectivity index is 1.32. The minimum atomic E-state index is -4.65. The normalized spacial score (nSPS) is 17.1. The highest BCUT2D eigenvalue weighted by Gasteiger charge is 2.38. The first-order valence-corrected chi connectivity index (χ1v) is 14.2. The number of rotatable bonds is 8. The van der Waals surface area contributed by atoms with Crippen LogP contribution in [0.25, 0.3) is 28.1 Å². The van der Waals surface area contributed by atoms with Crippen LogP contribution in [-0.4, -0.2) is 73.2 Å². The van der Waals surface area contributed by atoms with Crippen LogP contribution in [-0.2, 0) is 22.8 Å². The number of carbonyl (C=O) groups is 1. The number of hydrogen-bond acceptors (Lipinski definition) is 8. The molecule has 0 spiro atoms. The van der Waals surface area contributed by atoms with Crippen LogP contribution in [0.5, 0.6) is 0 Å². The SMILES string of the molecule is COCCN1C[C@@H](NC(=O)Nc2c(C)c(-c3cnc4c(c3)nc(C(F)(F)F)n4C)nn2-c2ccccc2)[C@H](c2ccnc(F)c2)O1. The Kier molecular flexibility index (Phi) is 8.41. The van der Waals surface area contributed by atoms with Crippen molar-refractivity contribution in [1.29, 1.82) is 0 Å². The number of nitrogens with one attached hydrogen (secondary N) is 2. The molecule has 4 aromatic heterocycles. The van der Waals surface area contributed by atoms with Crippen LogP contribution < -0.4 is 10.6 Å². The minimum Gasteiger partial charge on any atom is -0.383 e. The molecule has 12 nitrogen and oxygen atoms in total. The highest BCUT2D eigenvalue weighted by molar-refractivity contribution is 5.91. The van der Waals surface area contributed by atoms with Crippen LogP contribution in [0.15, 0.2) is 60.9 Å². The van der Waals surface area contributed by atoms with Gasteiger partial charge in [-0.3, -0.25) is 10.2 Å². The number of fused-ring (bicyclic) bond motifs is 1. The first-order valence-electron chi connectivity index (χ1n) is 14.2. The molecule has 6 rings (SSSR count). The van der Waals surface area contributed by atoms with Gasteiger partial charge in [-0.05, 0) is 42.8 Å². The summed E-state index contributed by atoms with van der Waals surface area (Å²) in [6.07, 6.45) is -2.61. The zero-order valence-electron chi connectivity index (χ0n) is 24.9. The number of hydroxylamine groups is 2. The number of urea groups is 1. The average molecular weight is 640 g/mol. The number of pyridine rings is 2. The van der Waals surface area contributed by atoms with Gasteiger partial charge in [0.25, 0.3) is 0 Å². The lowest BCUT2D eigenvalue weighted by Gasteiger charge is -2.19. The second-order valence-electron chi connectivity index (χ2n) is 10.7. The van der Waals surface area contributed by atoms with Gasteiger partial charge in [0.2, 0.25) is 11.8 Å². The summed E-state index contributed by atoms with van der Waals surface area (Å²) < 4.78 is 62.0. The van der Waals surface area contributed by atoms with E-state index < -0.39 is 36.1 Å². The van der Waals surface area contributed by atoms with Gasteiger partial charge in [0.1, 0.15) is 17.4 Å². The fraction of sp³-hybridized carbons (Fsp3) is 0.300. The number of aryl methyl sites for hydroxylation is 1. The highest BCUT2D eigenvalue weighted by Crippen LogP contribution is 2.34. The lowest BCUT2D eigenvalue weighted by Crippen LogP contribution is -2.42. The van der Waals surface area contributed by atoms with Crippen molar-refractivity contribution in [3.63, 3.8) is 0 Å². The van der Waals surface area contributed by atoms with Crippen LogP contribution in [0, 0.1) is 12.9 Å². The molecular formula is C30H29F4N9O3. The summed E-state index contributed by atoms with van der Waals surface area (Å²) in [6, 6.07) is 12.2. The van der Waals surface area contributed by atoms with Gasteiger partial charge in [-0.1, -0.05) is 18.2 Å². The van der Waals surface area contributed by atoms with E-state index >= 15 is 0 Å². The molecule has 1 aliphatic rings. The van der Waals surface area contributed by atoms with Crippen molar-refractivity contribution in [3.8, 4) is 16.9 Å². The molecular weight excluding hydrogens is 610 g/mol. The fourth-order valence-electron chi connectivity index (χ4n) is 5.38. The molecule has 46 heavy (non-hydrogen) atoms. The Labute approximate surface area is 259 Å².